The molecule has 1 N–H and O–H groups in total. The van der Waals surface area contributed by atoms with E-state index in [4.69, 9.17) is 10.1 Å². The van der Waals surface area contributed by atoms with Gasteiger partial charge in [0, 0.05) is 50.8 Å². The largest absolute Gasteiger partial charge is 0.481 e. The number of anilines is 1. The van der Waals surface area contributed by atoms with Gasteiger partial charge in [-0.05, 0) is 63.1 Å². The maximum atomic E-state index is 13.1. The number of urea groups is 1. The number of carboxylic acid groups (broad SMARTS) is 1. The minimum absolute atomic E-state index is 0. The second-order valence-corrected chi connectivity index (χ2v) is 8.81. The second kappa shape index (κ2) is 11.3. The first-order valence-electron chi connectivity index (χ1n) is 11.0. The lowest BCUT2D eigenvalue weighted by atomic mass is 9.83. The van der Waals surface area contributed by atoms with Gasteiger partial charge >= 0.3 is 12.0 Å². The van der Waals surface area contributed by atoms with Crippen LogP contribution in [0.4, 0.5) is 10.6 Å². The van der Waals surface area contributed by atoms with E-state index in [-0.39, 0.29) is 43.3 Å². The summed E-state index contributed by atoms with van der Waals surface area (Å²) < 4.78 is 0. The smallest absolute Gasteiger partial charge is 0.326 e. The Kier molecular flexibility index (Phi) is 9.40. The molecule has 2 amide bonds. The number of rotatable bonds is 5. The summed E-state index contributed by atoms with van der Waals surface area (Å²) in [5.74, 6) is 0.564. The van der Waals surface area contributed by atoms with E-state index in [1.807, 2.05) is 15.9 Å². The van der Waals surface area contributed by atoms with E-state index < -0.39 is 5.97 Å². The standard InChI is InChI=1S/C22H32N4O3.2ClH/c1-24-12-10-17-5-8-20(23-19(17)11-13-24)26-15-14-25(22(26)29)18-6-2-16(3-7-18)4-9-21(27)28;;/h5,8,16,18H,2-4,6-7,9-15H2,1H3,(H,27,28);2*1H. The highest BCUT2D eigenvalue weighted by atomic mass is 35.5. The molecule has 3 heterocycles. The van der Waals surface area contributed by atoms with Crippen molar-refractivity contribution in [3.05, 3.63) is 23.4 Å². The van der Waals surface area contributed by atoms with Crippen LogP contribution >= 0.6 is 24.8 Å². The van der Waals surface area contributed by atoms with E-state index in [9.17, 15) is 9.59 Å². The van der Waals surface area contributed by atoms with Crippen LogP contribution in [0, 0.1) is 5.92 Å². The Morgan fingerprint density at radius 3 is 2.48 bits per heavy atom. The van der Waals surface area contributed by atoms with Crippen LogP contribution in [0.15, 0.2) is 12.1 Å². The lowest BCUT2D eigenvalue weighted by molar-refractivity contribution is -0.137. The van der Waals surface area contributed by atoms with Gasteiger partial charge in [-0.2, -0.15) is 0 Å². The maximum Gasteiger partial charge on any atom is 0.326 e. The Hall–Kier alpha value is -1.57. The first kappa shape index (κ1) is 25.7. The number of pyridine rings is 1. The Labute approximate surface area is 197 Å². The minimum Gasteiger partial charge on any atom is -0.481 e. The van der Waals surface area contributed by atoms with Gasteiger partial charge < -0.3 is 14.9 Å². The molecule has 1 aromatic heterocycles. The van der Waals surface area contributed by atoms with Crippen molar-refractivity contribution in [2.45, 2.75) is 57.4 Å². The predicted octanol–water partition coefficient (Wildman–Crippen LogP) is 3.62. The average molecular weight is 473 g/mol. The number of halogens is 2. The lowest BCUT2D eigenvalue weighted by Gasteiger charge is -2.34. The van der Waals surface area contributed by atoms with E-state index in [0.29, 0.717) is 12.5 Å². The summed E-state index contributed by atoms with van der Waals surface area (Å²) in [5, 5.41) is 8.88. The number of carboxylic acids is 1. The molecule has 0 unspecified atom stereocenters. The predicted molar refractivity (Wildman–Crippen MR) is 126 cm³/mol. The number of aliphatic carboxylic acids is 1. The van der Waals surface area contributed by atoms with Gasteiger partial charge in [-0.25, -0.2) is 9.78 Å². The van der Waals surface area contributed by atoms with Gasteiger partial charge in [0.1, 0.15) is 5.82 Å². The molecule has 1 aromatic rings. The minimum atomic E-state index is -0.711. The fourth-order valence-electron chi connectivity index (χ4n) is 5.01. The number of likely N-dealkylation sites (N-methyl/N-ethyl adjacent to an activating group) is 1. The molecule has 7 nitrogen and oxygen atoms in total. The average Bonchev–Trinajstić information content (AvgIpc) is 3.00. The monoisotopic (exact) mass is 472 g/mol. The fraction of sp³-hybridized carbons (Fsp3) is 0.682. The van der Waals surface area contributed by atoms with Crippen LogP contribution < -0.4 is 4.90 Å². The van der Waals surface area contributed by atoms with Crippen LogP contribution in [-0.2, 0) is 17.6 Å². The maximum absolute atomic E-state index is 13.1. The molecular weight excluding hydrogens is 439 g/mol. The summed E-state index contributed by atoms with van der Waals surface area (Å²) in [7, 11) is 2.14. The van der Waals surface area contributed by atoms with Gasteiger partial charge in [0.15, 0.2) is 0 Å². The molecule has 1 saturated carbocycles. The van der Waals surface area contributed by atoms with Crippen molar-refractivity contribution in [3.63, 3.8) is 0 Å². The summed E-state index contributed by atoms with van der Waals surface area (Å²) in [6.45, 7) is 3.52. The zero-order chi connectivity index (χ0) is 20.4. The van der Waals surface area contributed by atoms with Crippen molar-refractivity contribution in [1.82, 2.24) is 14.8 Å². The number of aromatic nitrogens is 1. The number of carbonyl (C=O) groups is 2. The van der Waals surface area contributed by atoms with Crippen LogP contribution in [0.25, 0.3) is 0 Å². The SMILES string of the molecule is CN1CCc2ccc(N3CCN(C4CCC(CCC(=O)O)CC4)C3=O)nc2CC1.Cl.Cl. The van der Waals surface area contributed by atoms with Crippen molar-refractivity contribution < 1.29 is 14.7 Å². The molecular formula is C22H34Cl2N4O3. The van der Waals surface area contributed by atoms with Crippen molar-refractivity contribution in [2.75, 3.05) is 38.1 Å². The van der Waals surface area contributed by atoms with E-state index in [2.05, 4.69) is 18.0 Å². The Balaban J connectivity index is 0.00000171. The number of amides is 2. The van der Waals surface area contributed by atoms with Gasteiger partial charge in [-0.1, -0.05) is 6.07 Å². The van der Waals surface area contributed by atoms with Crippen LogP contribution in [0.2, 0.25) is 0 Å². The van der Waals surface area contributed by atoms with Gasteiger partial charge in [0.05, 0.1) is 0 Å². The number of nitrogens with zero attached hydrogens (tertiary/aromatic N) is 4. The topological polar surface area (TPSA) is 77.0 Å². The zero-order valence-electron chi connectivity index (χ0n) is 18.2. The van der Waals surface area contributed by atoms with Gasteiger partial charge in [-0.15, -0.1) is 24.8 Å². The van der Waals surface area contributed by atoms with Crippen molar-refractivity contribution in [1.29, 1.82) is 0 Å². The summed E-state index contributed by atoms with van der Waals surface area (Å²) in [6, 6.07) is 4.52. The van der Waals surface area contributed by atoms with E-state index in [0.717, 1.165) is 76.1 Å². The molecule has 3 aliphatic rings. The summed E-state index contributed by atoms with van der Waals surface area (Å²) in [5.41, 5.74) is 2.44. The molecule has 4 rings (SSSR count). The molecule has 2 fully saturated rings. The third kappa shape index (κ3) is 6.02. The summed E-state index contributed by atoms with van der Waals surface area (Å²) in [6.07, 6.45) is 6.97. The van der Waals surface area contributed by atoms with Gasteiger partial charge in [0.25, 0.3) is 0 Å². The molecule has 0 atom stereocenters. The molecule has 9 heteroatoms. The van der Waals surface area contributed by atoms with E-state index in [1.165, 1.54) is 5.56 Å². The van der Waals surface area contributed by atoms with E-state index in [1.54, 1.807) is 0 Å². The first-order chi connectivity index (χ1) is 14.0. The molecule has 0 bridgehead atoms. The highest BCUT2D eigenvalue weighted by Crippen LogP contribution is 2.33. The van der Waals surface area contributed by atoms with Crippen LogP contribution in [0.5, 0.6) is 0 Å². The zero-order valence-corrected chi connectivity index (χ0v) is 19.8. The normalized spacial score (nSPS) is 24.1. The van der Waals surface area contributed by atoms with Crippen LogP contribution in [-0.4, -0.2) is 71.2 Å². The molecule has 0 spiro atoms. The number of hydrogen-bond donors (Lipinski definition) is 1. The van der Waals surface area contributed by atoms with E-state index >= 15 is 0 Å². The number of carbonyl (C=O) groups excluding carboxylic acids is 1. The molecule has 0 aromatic carbocycles. The molecule has 1 saturated heterocycles. The first-order valence-corrected chi connectivity index (χ1v) is 11.0. The third-order valence-corrected chi connectivity index (χ3v) is 6.89. The number of hydrogen-bond acceptors (Lipinski definition) is 4. The van der Waals surface area contributed by atoms with Gasteiger partial charge in [0.2, 0.25) is 0 Å². The summed E-state index contributed by atoms with van der Waals surface area (Å²) in [4.78, 5) is 35.0. The van der Waals surface area contributed by atoms with Crippen LogP contribution in [0.3, 0.4) is 0 Å². The number of fused-ring (bicyclic) bond motifs is 1. The Morgan fingerprint density at radius 1 is 1.06 bits per heavy atom. The molecule has 174 valence electrons. The highest BCUT2D eigenvalue weighted by Gasteiger charge is 2.37. The fourth-order valence-corrected chi connectivity index (χ4v) is 5.01. The Bertz CT molecular complexity index is 771. The highest BCUT2D eigenvalue weighted by molar-refractivity contribution is 5.93. The molecule has 31 heavy (non-hydrogen) atoms. The van der Waals surface area contributed by atoms with Gasteiger partial charge in [-0.3, -0.25) is 9.69 Å². The molecule has 2 aliphatic heterocycles. The van der Waals surface area contributed by atoms with Crippen molar-refractivity contribution in [3.8, 4) is 0 Å². The van der Waals surface area contributed by atoms with Crippen LogP contribution in [0.1, 0.15) is 49.8 Å². The molecule has 1 aliphatic carbocycles. The molecule has 0 radical (unpaired) electrons. The van der Waals surface area contributed by atoms with Crippen molar-refractivity contribution >= 4 is 42.6 Å². The van der Waals surface area contributed by atoms with Crippen molar-refractivity contribution in [2.24, 2.45) is 5.92 Å². The lowest BCUT2D eigenvalue weighted by Crippen LogP contribution is -2.41. The second-order valence-electron chi connectivity index (χ2n) is 8.81. The third-order valence-electron chi connectivity index (χ3n) is 6.89. The quantitative estimate of drug-likeness (QED) is 0.707. The summed E-state index contributed by atoms with van der Waals surface area (Å²) >= 11 is 0. The Morgan fingerprint density at radius 2 is 1.77 bits per heavy atom.